The summed E-state index contributed by atoms with van der Waals surface area (Å²) in [5.74, 6) is 0.920. The van der Waals surface area contributed by atoms with Gasteiger partial charge in [-0.2, -0.15) is 0 Å². The van der Waals surface area contributed by atoms with Gasteiger partial charge in [-0.3, -0.25) is 4.98 Å². The number of aromatic nitrogens is 1. The third kappa shape index (κ3) is 3.23. The minimum Gasteiger partial charge on any atom is -0.496 e. The van der Waals surface area contributed by atoms with Crippen LogP contribution in [0.4, 0.5) is 0 Å². The van der Waals surface area contributed by atoms with Crippen molar-refractivity contribution in [1.82, 2.24) is 10.3 Å². The second-order valence-corrected chi connectivity index (χ2v) is 6.48. The number of hydrogen-bond donors (Lipinski definition) is 1. The molecule has 1 unspecified atom stereocenters. The van der Waals surface area contributed by atoms with Gasteiger partial charge in [-0.05, 0) is 38.8 Å². The Labute approximate surface area is 135 Å². The van der Waals surface area contributed by atoms with Crippen LogP contribution in [0.5, 0.6) is 5.75 Å². The fraction of sp³-hybridized carbons (Fsp3) is 0.438. The quantitative estimate of drug-likeness (QED) is 0.893. The zero-order valence-corrected chi connectivity index (χ0v) is 14.7. The monoisotopic (exact) mass is 324 g/mol. The summed E-state index contributed by atoms with van der Waals surface area (Å²) >= 11 is 8.09. The van der Waals surface area contributed by atoms with E-state index in [1.54, 1.807) is 18.4 Å². The molecule has 2 aromatic rings. The minimum atomic E-state index is 0.162. The summed E-state index contributed by atoms with van der Waals surface area (Å²) in [6, 6.07) is 0.162. The maximum atomic E-state index is 6.40. The molecule has 2 aromatic heterocycles. The number of thiophene rings is 1. The predicted molar refractivity (Wildman–Crippen MR) is 89.8 cm³/mol. The Hall–Kier alpha value is -1.10. The highest BCUT2D eigenvalue weighted by Crippen LogP contribution is 2.35. The van der Waals surface area contributed by atoms with Crippen LogP contribution in [0.2, 0.25) is 5.02 Å². The van der Waals surface area contributed by atoms with Gasteiger partial charge in [-0.25, -0.2) is 0 Å². The number of aryl methyl sites for hydroxylation is 2. The van der Waals surface area contributed by atoms with Gasteiger partial charge in [0.2, 0.25) is 0 Å². The van der Waals surface area contributed by atoms with E-state index in [4.69, 9.17) is 16.3 Å². The van der Waals surface area contributed by atoms with Crippen molar-refractivity contribution in [2.45, 2.75) is 33.2 Å². The largest absolute Gasteiger partial charge is 0.496 e. The Balaban J connectivity index is 2.33. The molecule has 0 bridgehead atoms. The molecular formula is C16H21ClN2OS. The molecule has 2 heterocycles. The number of likely N-dealkylation sites (N-methyl/N-ethyl adjacent to an activating group) is 1. The van der Waals surface area contributed by atoms with E-state index in [2.05, 4.69) is 22.6 Å². The molecule has 0 amide bonds. The SMILES string of the molecule is CNC(Cc1ncc(C)c(OC)c1C)c1scc(C)c1Cl. The molecule has 0 aliphatic carbocycles. The lowest BCUT2D eigenvalue weighted by atomic mass is 10.0. The summed E-state index contributed by atoms with van der Waals surface area (Å²) in [6.07, 6.45) is 2.66. The van der Waals surface area contributed by atoms with Crippen LogP contribution >= 0.6 is 22.9 Å². The van der Waals surface area contributed by atoms with Gasteiger partial charge in [0.05, 0.1) is 12.1 Å². The van der Waals surface area contributed by atoms with E-state index < -0.39 is 0 Å². The van der Waals surface area contributed by atoms with Crippen LogP contribution in [0.25, 0.3) is 0 Å². The first-order valence-corrected chi connectivity index (χ1v) is 8.15. The molecule has 21 heavy (non-hydrogen) atoms. The van der Waals surface area contributed by atoms with Crippen LogP contribution in [-0.2, 0) is 6.42 Å². The first-order chi connectivity index (χ1) is 9.99. The van der Waals surface area contributed by atoms with Crippen LogP contribution < -0.4 is 10.1 Å². The molecule has 0 radical (unpaired) electrons. The van der Waals surface area contributed by atoms with Crippen molar-refractivity contribution in [3.8, 4) is 5.75 Å². The van der Waals surface area contributed by atoms with E-state index >= 15 is 0 Å². The fourth-order valence-electron chi connectivity index (χ4n) is 2.48. The van der Waals surface area contributed by atoms with Gasteiger partial charge in [0.1, 0.15) is 5.75 Å². The van der Waals surface area contributed by atoms with E-state index in [0.717, 1.165) is 44.5 Å². The number of hydrogen-bond acceptors (Lipinski definition) is 4. The Bertz CT molecular complexity index is 639. The summed E-state index contributed by atoms with van der Waals surface area (Å²) in [7, 11) is 3.66. The van der Waals surface area contributed by atoms with Gasteiger partial charge in [0.25, 0.3) is 0 Å². The van der Waals surface area contributed by atoms with Crippen molar-refractivity contribution in [3.05, 3.63) is 43.9 Å². The van der Waals surface area contributed by atoms with Crippen molar-refractivity contribution < 1.29 is 4.74 Å². The van der Waals surface area contributed by atoms with Crippen molar-refractivity contribution in [3.63, 3.8) is 0 Å². The second-order valence-electron chi connectivity index (χ2n) is 5.19. The number of nitrogens with zero attached hydrogens (tertiary/aromatic N) is 1. The third-order valence-corrected chi connectivity index (χ3v) is 5.57. The molecule has 114 valence electrons. The molecule has 0 aliphatic heterocycles. The fourth-order valence-corrected chi connectivity index (χ4v) is 3.92. The Kier molecular flexibility index (Phi) is 5.25. The standard InChI is InChI=1S/C16H21ClN2OS/c1-9-7-19-12(11(3)15(9)20-5)6-13(18-4)16-14(17)10(2)8-21-16/h7-8,13,18H,6H2,1-5H3. The molecule has 0 aromatic carbocycles. The lowest BCUT2D eigenvalue weighted by molar-refractivity contribution is 0.406. The Morgan fingerprint density at radius 2 is 2.05 bits per heavy atom. The number of nitrogens with one attached hydrogen (secondary N) is 1. The normalized spacial score (nSPS) is 12.5. The van der Waals surface area contributed by atoms with Gasteiger partial charge in [-0.1, -0.05) is 11.6 Å². The molecule has 0 saturated heterocycles. The van der Waals surface area contributed by atoms with Crippen LogP contribution in [0.3, 0.4) is 0 Å². The number of rotatable bonds is 5. The summed E-state index contributed by atoms with van der Waals surface area (Å²) in [5.41, 5.74) is 4.33. The molecule has 2 rings (SSSR count). The Morgan fingerprint density at radius 1 is 1.33 bits per heavy atom. The molecule has 5 heteroatoms. The Morgan fingerprint density at radius 3 is 2.57 bits per heavy atom. The lowest BCUT2D eigenvalue weighted by Gasteiger charge is -2.18. The number of methoxy groups -OCH3 is 1. The smallest absolute Gasteiger partial charge is 0.128 e. The number of ether oxygens (including phenoxy) is 1. The predicted octanol–water partition coefficient (Wildman–Crippen LogP) is 4.23. The highest BCUT2D eigenvalue weighted by molar-refractivity contribution is 7.10. The first-order valence-electron chi connectivity index (χ1n) is 6.89. The molecule has 0 saturated carbocycles. The average molecular weight is 325 g/mol. The molecule has 0 fully saturated rings. The summed E-state index contributed by atoms with van der Waals surface area (Å²) in [4.78, 5) is 5.74. The highest BCUT2D eigenvalue weighted by atomic mass is 35.5. The minimum absolute atomic E-state index is 0.162. The van der Waals surface area contributed by atoms with E-state index in [-0.39, 0.29) is 6.04 Å². The van der Waals surface area contributed by atoms with Crippen molar-refractivity contribution in [2.24, 2.45) is 0 Å². The van der Waals surface area contributed by atoms with Crippen molar-refractivity contribution in [1.29, 1.82) is 0 Å². The molecule has 0 aliphatic rings. The molecule has 0 spiro atoms. The number of pyridine rings is 1. The second kappa shape index (κ2) is 6.77. The summed E-state index contributed by atoms with van der Waals surface area (Å²) < 4.78 is 5.48. The maximum absolute atomic E-state index is 6.40. The third-order valence-electron chi connectivity index (χ3n) is 3.74. The number of halogens is 1. The molecular weight excluding hydrogens is 304 g/mol. The zero-order chi connectivity index (χ0) is 15.6. The zero-order valence-electron chi connectivity index (χ0n) is 13.1. The van der Waals surface area contributed by atoms with Gasteiger partial charge in [0.15, 0.2) is 0 Å². The summed E-state index contributed by atoms with van der Waals surface area (Å²) in [6.45, 7) is 6.10. The molecule has 1 atom stereocenters. The van der Waals surface area contributed by atoms with Crippen molar-refractivity contribution in [2.75, 3.05) is 14.2 Å². The van der Waals surface area contributed by atoms with E-state index in [1.807, 2.05) is 27.1 Å². The van der Waals surface area contributed by atoms with Gasteiger partial charge in [-0.15, -0.1) is 11.3 Å². The first kappa shape index (κ1) is 16.3. The van der Waals surface area contributed by atoms with Crippen LogP contribution in [0.15, 0.2) is 11.6 Å². The van der Waals surface area contributed by atoms with Crippen LogP contribution in [0, 0.1) is 20.8 Å². The highest BCUT2D eigenvalue weighted by Gasteiger charge is 2.20. The molecule has 1 N–H and O–H groups in total. The van der Waals surface area contributed by atoms with Crippen molar-refractivity contribution >= 4 is 22.9 Å². The van der Waals surface area contributed by atoms with E-state index in [1.165, 1.54) is 0 Å². The van der Waals surface area contributed by atoms with Gasteiger partial charge in [0, 0.05) is 40.4 Å². The van der Waals surface area contributed by atoms with E-state index in [0.29, 0.717) is 0 Å². The van der Waals surface area contributed by atoms with Gasteiger partial charge >= 0.3 is 0 Å². The average Bonchev–Trinajstić information content (AvgIpc) is 2.79. The van der Waals surface area contributed by atoms with Crippen LogP contribution in [0.1, 0.15) is 33.3 Å². The maximum Gasteiger partial charge on any atom is 0.128 e. The van der Waals surface area contributed by atoms with Gasteiger partial charge < -0.3 is 10.1 Å². The lowest BCUT2D eigenvalue weighted by Crippen LogP contribution is -2.19. The molecule has 3 nitrogen and oxygen atoms in total. The van der Waals surface area contributed by atoms with Crippen LogP contribution in [-0.4, -0.2) is 19.1 Å². The summed E-state index contributed by atoms with van der Waals surface area (Å²) in [5, 5.41) is 6.30. The topological polar surface area (TPSA) is 34.2 Å². The van der Waals surface area contributed by atoms with E-state index in [9.17, 15) is 0 Å².